The molecule has 0 atom stereocenters. The van der Waals surface area contributed by atoms with Crippen LogP contribution >= 0.6 is 23.1 Å². The van der Waals surface area contributed by atoms with Gasteiger partial charge in [0.05, 0.1) is 47.6 Å². The molecule has 0 radical (unpaired) electrons. The van der Waals surface area contributed by atoms with Crippen LogP contribution in [0.4, 0.5) is 18.9 Å². The first-order chi connectivity index (χ1) is 17.3. The molecule has 1 N–H and O–H groups in total. The molecule has 0 bridgehead atoms. The Bertz CT molecular complexity index is 1590. The van der Waals surface area contributed by atoms with Crippen molar-refractivity contribution in [3.63, 3.8) is 0 Å². The Labute approximate surface area is 209 Å². The molecule has 1 aromatic carbocycles. The maximum absolute atomic E-state index is 14.2. The van der Waals surface area contributed by atoms with Crippen LogP contribution in [0.25, 0.3) is 28.0 Å². The number of hydrogen-bond donors (Lipinski definition) is 1. The number of aromatic nitrogens is 6. The monoisotopic (exact) mass is 531 g/mol. The number of benzene rings is 1. The van der Waals surface area contributed by atoms with E-state index in [4.69, 9.17) is 16.3 Å². The predicted molar refractivity (Wildman–Crippen MR) is 127 cm³/mol. The Hall–Kier alpha value is -4.10. The van der Waals surface area contributed by atoms with Gasteiger partial charge < -0.3 is 10.1 Å². The van der Waals surface area contributed by atoms with E-state index in [2.05, 4.69) is 29.9 Å². The predicted octanol–water partition coefficient (Wildman–Crippen LogP) is 5.27. The van der Waals surface area contributed by atoms with Gasteiger partial charge in [-0.3, -0.25) is 4.79 Å². The van der Waals surface area contributed by atoms with Crippen molar-refractivity contribution in [2.45, 2.75) is 6.18 Å². The van der Waals surface area contributed by atoms with Gasteiger partial charge in [0.15, 0.2) is 5.82 Å². The third-order valence-electron chi connectivity index (χ3n) is 5.04. The Morgan fingerprint density at radius 3 is 2.64 bits per heavy atom. The molecule has 4 heterocycles. The molecule has 4 aromatic heterocycles. The molecule has 182 valence electrons. The Morgan fingerprint density at radius 1 is 1.17 bits per heavy atom. The fourth-order valence-electron chi connectivity index (χ4n) is 3.51. The van der Waals surface area contributed by atoms with Crippen LogP contribution in [-0.2, 0) is 6.18 Å². The summed E-state index contributed by atoms with van der Waals surface area (Å²) in [5.74, 6) is -0.499. The molecule has 36 heavy (non-hydrogen) atoms. The highest BCUT2D eigenvalue weighted by Crippen LogP contribution is 2.43. The van der Waals surface area contributed by atoms with E-state index < -0.39 is 22.5 Å². The van der Waals surface area contributed by atoms with E-state index in [1.54, 1.807) is 18.2 Å². The Kier molecular flexibility index (Phi) is 6.02. The number of alkyl halides is 3. The van der Waals surface area contributed by atoms with Gasteiger partial charge in [-0.2, -0.15) is 27.7 Å². The van der Waals surface area contributed by atoms with E-state index in [-0.39, 0.29) is 27.8 Å². The number of hydrogen-bond acceptors (Lipinski definition) is 8. The lowest BCUT2D eigenvalue weighted by Gasteiger charge is -2.12. The third kappa shape index (κ3) is 4.33. The zero-order valence-electron chi connectivity index (χ0n) is 18.1. The van der Waals surface area contributed by atoms with Crippen molar-refractivity contribution in [3.8, 4) is 23.0 Å². The van der Waals surface area contributed by atoms with E-state index in [0.717, 1.165) is 0 Å². The first-order valence-electron chi connectivity index (χ1n) is 10.1. The molecule has 0 aliphatic heterocycles. The average molecular weight is 532 g/mol. The third-order valence-corrected chi connectivity index (χ3v) is 6.16. The van der Waals surface area contributed by atoms with Gasteiger partial charge in [0.1, 0.15) is 10.4 Å². The summed E-state index contributed by atoms with van der Waals surface area (Å²) in [5.41, 5.74) is -0.820. The summed E-state index contributed by atoms with van der Waals surface area (Å²) in [6, 6.07) is 9.18. The van der Waals surface area contributed by atoms with Crippen LogP contribution in [0.1, 0.15) is 15.2 Å². The lowest BCUT2D eigenvalue weighted by atomic mass is 10.0. The number of nitrogens with zero attached hydrogens (tertiary/aromatic N) is 6. The number of ether oxygens (including phenoxy) is 1. The minimum absolute atomic E-state index is 0.0868. The molecular formula is C22H13ClF3N7O2S. The second-order valence-electron chi connectivity index (χ2n) is 7.26. The number of carbonyl (C=O) groups excluding carboxylic acids is 1. The number of pyridine rings is 2. The number of anilines is 1. The lowest BCUT2D eigenvalue weighted by Crippen LogP contribution is -2.17. The van der Waals surface area contributed by atoms with E-state index in [0.29, 0.717) is 28.3 Å². The van der Waals surface area contributed by atoms with Gasteiger partial charge in [0.25, 0.3) is 5.91 Å². The van der Waals surface area contributed by atoms with Crippen LogP contribution in [0.5, 0.6) is 5.88 Å². The highest BCUT2D eigenvalue weighted by molar-refractivity contribution is 7.08. The number of rotatable bonds is 5. The lowest BCUT2D eigenvalue weighted by molar-refractivity contribution is -0.137. The summed E-state index contributed by atoms with van der Waals surface area (Å²) >= 11 is 6.64. The number of carbonyl (C=O) groups is 1. The molecule has 5 aromatic rings. The second kappa shape index (κ2) is 9.17. The number of methoxy groups -OCH3 is 1. The van der Waals surface area contributed by atoms with Gasteiger partial charge in [0.2, 0.25) is 5.88 Å². The summed E-state index contributed by atoms with van der Waals surface area (Å²) in [7, 11) is 1.44. The van der Waals surface area contributed by atoms with Crippen molar-refractivity contribution in [2.75, 3.05) is 12.4 Å². The van der Waals surface area contributed by atoms with Crippen molar-refractivity contribution >= 4 is 45.6 Å². The summed E-state index contributed by atoms with van der Waals surface area (Å²) < 4.78 is 51.8. The molecule has 0 fully saturated rings. The maximum Gasteiger partial charge on any atom is 0.420 e. The minimum Gasteiger partial charge on any atom is -0.481 e. The van der Waals surface area contributed by atoms with Crippen molar-refractivity contribution in [2.24, 2.45) is 0 Å². The number of nitrogens with one attached hydrogen (secondary N) is 1. The summed E-state index contributed by atoms with van der Waals surface area (Å²) in [5, 5.41) is 10.8. The van der Waals surface area contributed by atoms with Gasteiger partial charge in [-0.1, -0.05) is 23.7 Å². The van der Waals surface area contributed by atoms with E-state index in [1.807, 2.05) is 0 Å². The van der Waals surface area contributed by atoms with E-state index in [1.165, 1.54) is 48.7 Å². The zero-order valence-corrected chi connectivity index (χ0v) is 19.7. The Balaban J connectivity index is 1.53. The van der Waals surface area contributed by atoms with Gasteiger partial charge in [-0.05, 0) is 29.7 Å². The Morgan fingerprint density at radius 2 is 1.94 bits per heavy atom. The zero-order chi connectivity index (χ0) is 25.4. The molecule has 9 nitrogen and oxygen atoms in total. The minimum atomic E-state index is -4.86. The van der Waals surface area contributed by atoms with Crippen molar-refractivity contribution in [3.05, 3.63) is 70.5 Å². The summed E-state index contributed by atoms with van der Waals surface area (Å²) in [6.07, 6.45) is -0.767. The average Bonchev–Trinajstić information content (AvgIpc) is 3.54. The van der Waals surface area contributed by atoms with Crippen LogP contribution in [0.3, 0.4) is 0 Å². The van der Waals surface area contributed by atoms with Gasteiger partial charge >= 0.3 is 6.18 Å². The summed E-state index contributed by atoms with van der Waals surface area (Å²) in [6.45, 7) is 0. The van der Waals surface area contributed by atoms with Crippen LogP contribution in [0.2, 0.25) is 5.02 Å². The van der Waals surface area contributed by atoms with E-state index >= 15 is 0 Å². The molecule has 0 saturated carbocycles. The quantitative estimate of drug-likeness (QED) is 0.329. The molecule has 0 saturated heterocycles. The smallest absolute Gasteiger partial charge is 0.420 e. The maximum atomic E-state index is 14.2. The highest BCUT2D eigenvalue weighted by atomic mass is 35.5. The molecule has 0 aliphatic carbocycles. The van der Waals surface area contributed by atoms with Gasteiger partial charge in [-0.15, -0.1) is 4.80 Å². The van der Waals surface area contributed by atoms with Crippen molar-refractivity contribution in [1.82, 2.24) is 29.3 Å². The van der Waals surface area contributed by atoms with Crippen molar-refractivity contribution in [1.29, 1.82) is 0 Å². The molecule has 1 amide bonds. The first kappa shape index (κ1) is 23.6. The standard InChI is InChI=1S/C22H13ClF3N7O2S/c1-35-16-6-5-12-13(3-2-4-15(12)31-16)18-17(22(24,25)26)19(36-32-18)21(34)30-11-9-14(23)20(27-10-11)33-28-7-8-29-33/h2-10H,1H3,(H,30,34). The SMILES string of the molecule is COc1ccc2c(-c3nsc(C(=O)Nc4cnc(-n5nccn5)c(Cl)c4)c3C(F)(F)F)cccc2n1. The number of fused-ring (bicyclic) bond motifs is 1. The van der Waals surface area contributed by atoms with Gasteiger partial charge in [-0.25, -0.2) is 9.97 Å². The van der Waals surface area contributed by atoms with Crippen LogP contribution < -0.4 is 10.1 Å². The largest absolute Gasteiger partial charge is 0.481 e. The number of amides is 1. The number of halogens is 4. The fraction of sp³-hybridized carbons (Fsp3) is 0.0909. The highest BCUT2D eigenvalue weighted by Gasteiger charge is 2.41. The van der Waals surface area contributed by atoms with E-state index in [9.17, 15) is 18.0 Å². The van der Waals surface area contributed by atoms with Crippen LogP contribution in [0.15, 0.2) is 55.0 Å². The normalized spacial score (nSPS) is 11.6. The molecular weight excluding hydrogens is 519 g/mol. The van der Waals surface area contributed by atoms with Crippen molar-refractivity contribution < 1.29 is 22.7 Å². The molecule has 0 aliphatic rings. The summed E-state index contributed by atoms with van der Waals surface area (Å²) in [4.78, 5) is 21.8. The van der Waals surface area contributed by atoms with Gasteiger partial charge in [0, 0.05) is 17.0 Å². The fourth-order valence-corrected chi connectivity index (χ4v) is 4.56. The van der Waals surface area contributed by atoms with Crippen LogP contribution in [0, 0.1) is 0 Å². The molecule has 0 spiro atoms. The topological polar surface area (TPSA) is 108 Å². The second-order valence-corrected chi connectivity index (χ2v) is 8.44. The molecule has 14 heteroatoms. The molecule has 5 rings (SSSR count). The molecule has 0 unspecified atom stereocenters. The van der Waals surface area contributed by atoms with Crippen LogP contribution in [-0.4, -0.2) is 42.4 Å². The first-order valence-corrected chi connectivity index (χ1v) is 11.3.